The van der Waals surface area contributed by atoms with E-state index >= 15 is 0 Å². The van der Waals surface area contributed by atoms with Gasteiger partial charge in [0.05, 0.1) is 11.1 Å². The van der Waals surface area contributed by atoms with Gasteiger partial charge in [-0.25, -0.2) is 4.98 Å². The molecule has 5 heterocycles. The lowest BCUT2D eigenvalue weighted by Gasteiger charge is -2.32. The van der Waals surface area contributed by atoms with Crippen LogP contribution in [0.25, 0.3) is 0 Å². The summed E-state index contributed by atoms with van der Waals surface area (Å²) in [4.78, 5) is 59.1. The Balaban J connectivity index is 1.30. The van der Waals surface area contributed by atoms with Crippen LogP contribution in [0.4, 0.5) is 5.82 Å². The molecular formula is C27H29N5O4. The molecule has 0 aliphatic carbocycles. The van der Waals surface area contributed by atoms with Crippen LogP contribution in [0.1, 0.15) is 75.6 Å². The zero-order valence-electron chi connectivity index (χ0n) is 20.1. The van der Waals surface area contributed by atoms with E-state index in [4.69, 9.17) is 4.98 Å². The Morgan fingerprint density at radius 3 is 2.58 bits per heavy atom. The Bertz CT molecular complexity index is 1270. The fourth-order valence-electron chi connectivity index (χ4n) is 5.95. The molecule has 0 spiro atoms. The summed E-state index contributed by atoms with van der Waals surface area (Å²) in [7, 11) is 0. The van der Waals surface area contributed by atoms with Gasteiger partial charge in [-0.15, -0.1) is 0 Å². The molecule has 9 heteroatoms. The first kappa shape index (κ1) is 22.8. The van der Waals surface area contributed by atoms with Gasteiger partial charge in [-0.3, -0.25) is 29.4 Å². The number of nitrogens with zero attached hydrogens (tertiary/aromatic N) is 3. The Kier molecular flexibility index (Phi) is 5.79. The molecule has 0 saturated carbocycles. The van der Waals surface area contributed by atoms with Crippen LogP contribution in [0.3, 0.4) is 0 Å². The van der Waals surface area contributed by atoms with E-state index in [0.29, 0.717) is 23.6 Å². The Labute approximate surface area is 209 Å². The van der Waals surface area contributed by atoms with Gasteiger partial charge in [-0.1, -0.05) is 18.2 Å². The molecule has 4 amide bonds. The van der Waals surface area contributed by atoms with Crippen molar-refractivity contribution in [3.05, 3.63) is 58.3 Å². The van der Waals surface area contributed by atoms with Gasteiger partial charge < -0.3 is 10.2 Å². The maximum atomic E-state index is 13.5. The quantitative estimate of drug-likeness (QED) is 0.634. The van der Waals surface area contributed by atoms with Crippen molar-refractivity contribution in [3.63, 3.8) is 0 Å². The molecule has 2 N–H and O–H groups in total. The number of hydrogen-bond acceptors (Lipinski definition) is 7. The van der Waals surface area contributed by atoms with Crippen LogP contribution in [0.2, 0.25) is 0 Å². The first-order valence-electron chi connectivity index (χ1n) is 12.8. The maximum Gasteiger partial charge on any atom is 0.262 e. The number of piperidine rings is 2. The van der Waals surface area contributed by atoms with E-state index < -0.39 is 23.8 Å². The van der Waals surface area contributed by atoms with E-state index in [1.165, 1.54) is 5.56 Å². The third-order valence-electron chi connectivity index (χ3n) is 7.82. The number of hydrogen-bond donors (Lipinski definition) is 2. The third-order valence-corrected chi connectivity index (χ3v) is 7.82. The molecule has 4 aliphatic heterocycles. The van der Waals surface area contributed by atoms with Crippen molar-refractivity contribution in [2.24, 2.45) is 0 Å². The van der Waals surface area contributed by atoms with Crippen LogP contribution in [0.15, 0.2) is 30.3 Å². The molecule has 1 aromatic carbocycles. The second kappa shape index (κ2) is 9.13. The number of aryl methyl sites for hydroxylation is 1. The van der Waals surface area contributed by atoms with E-state index in [-0.39, 0.29) is 18.7 Å². The number of carbonyl (C=O) groups excluding carboxylic acids is 4. The number of anilines is 1. The predicted molar refractivity (Wildman–Crippen MR) is 132 cm³/mol. The van der Waals surface area contributed by atoms with Gasteiger partial charge in [-0.2, -0.15) is 0 Å². The summed E-state index contributed by atoms with van der Waals surface area (Å²) in [6.07, 6.45) is 4.36. The zero-order chi connectivity index (χ0) is 24.8. The average molecular weight is 488 g/mol. The van der Waals surface area contributed by atoms with Gasteiger partial charge in [0.25, 0.3) is 11.8 Å². The van der Waals surface area contributed by atoms with Crippen molar-refractivity contribution in [1.29, 1.82) is 0 Å². The third kappa shape index (κ3) is 3.87. The standard InChI is InChI=1S/C27H29N5O4/c33-22-9-8-21(25(34)30-22)32-26(35)19-5-1-3-18(23(19)27(32)36)15-31-14-2-4-17-6-7-20(29-24(17)31)16-10-12-28-13-11-16/h1,3,5-7,16,21,28H,2,4,8-15H2,(H,30,33,34). The highest BCUT2D eigenvalue weighted by atomic mass is 16.2. The lowest BCUT2D eigenvalue weighted by molar-refractivity contribution is -0.136. The van der Waals surface area contributed by atoms with Crippen molar-refractivity contribution < 1.29 is 19.2 Å². The Morgan fingerprint density at radius 1 is 0.944 bits per heavy atom. The van der Waals surface area contributed by atoms with Crippen LogP contribution in [-0.4, -0.2) is 59.2 Å². The highest BCUT2D eigenvalue weighted by molar-refractivity contribution is 6.24. The van der Waals surface area contributed by atoms with Gasteiger partial charge in [0.15, 0.2) is 0 Å². The molecule has 1 unspecified atom stereocenters. The van der Waals surface area contributed by atoms with Crippen molar-refractivity contribution >= 4 is 29.4 Å². The average Bonchev–Trinajstić information content (AvgIpc) is 3.15. The van der Waals surface area contributed by atoms with Crippen molar-refractivity contribution in [2.45, 2.75) is 57.0 Å². The summed E-state index contributed by atoms with van der Waals surface area (Å²) in [5.74, 6) is -0.503. The van der Waals surface area contributed by atoms with Gasteiger partial charge >= 0.3 is 0 Å². The number of fused-ring (bicyclic) bond motifs is 2. The van der Waals surface area contributed by atoms with E-state index in [0.717, 1.165) is 67.3 Å². The molecule has 2 aromatic rings. The molecule has 2 saturated heterocycles. The molecule has 0 radical (unpaired) electrons. The summed E-state index contributed by atoms with van der Waals surface area (Å²) in [5, 5.41) is 5.66. The van der Waals surface area contributed by atoms with Crippen LogP contribution in [0, 0.1) is 0 Å². The van der Waals surface area contributed by atoms with Crippen molar-refractivity contribution in [1.82, 2.24) is 20.5 Å². The summed E-state index contributed by atoms with van der Waals surface area (Å²) in [5.41, 5.74) is 3.75. The van der Waals surface area contributed by atoms with Crippen LogP contribution < -0.4 is 15.5 Å². The molecule has 9 nitrogen and oxygen atoms in total. The monoisotopic (exact) mass is 487 g/mol. The van der Waals surface area contributed by atoms with Crippen LogP contribution in [-0.2, 0) is 22.6 Å². The highest BCUT2D eigenvalue weighted by Gasteiger charge is 2.45. The molecule has 2 fully saturated rings. The predicted octanol–water partition coefficient (Wildman–Crippen LogP) is 1.90. The second-order valence-electron chi connectivity index (χ2n) is 10.1. The Hall–Kier alpha value is -3.59. The van der Waals surface area contributed by atoms with E-state index in [1.54, 1.807) is 12.1 Å². The van der Waals surface area contributed by atoms with Gasteiger partial charge in [0, 0.05) is 31.1 Å². The smallest absolute Gasteiger partial charge is 0.262 e. The van der Waals surface area contributed by atoms with E-state index in [2.05, 4.69) is 27.7 Å². The first-order valence-corrected chi connectivity index (χ1v) is 12.8. The Morgan fingerprint density at radius 2 is 1.78 bits per heavy atom. The summed E-state index contributed by atoms with van der Waals surface area (Å²) in [6, 6.07) is 8.70. The second-order valence-corrected chi connectivity index (χ2v) is 10.1. The lowest BCUT2D eigenvalue weighted by Crippen LogP contribution is -2.54. The lowest BCUT2D eigenvalue weighted by atomic mass is 9.93. The molecule has 4 aliphatic rings. The number of rotatable bonds is 4. The number of imide groups is 2. The van der Waals surface area contributed by atoms with Crippen LogP contribution >= 0.6 is 0 Å². The summed E-state index contributed by atoms with van der Waals surface area (Å²) in [6.45, 7) is 3.28. The van der Waals surface area contributed by atoms with Crippen molar-refractivity contribution in [3.8, 4) is 0 Å². The molecule has 6 rings (SSSR count). The number of nitrogens with one attached hydrogen (secondary N) is 2. The SMILES string of the molecule is O=C1CCC(N2C(=O)c3cccc(CN4CCCc5ccc(C6CCNCC6)nc54)c3C2=O)C(=O)N1. The van der Waals surface area contributed by atoms with Gasteiger partial charge in [0.1, 0.15) is 11.9 Å². The normalized spacial score (nSPS) is 22.5. The molecule has 1 aromatic heterocycles. The largest absolute Gasteiger partial charge is 0.352 e. The first-order chi connectivity index (χ1) is 17.5. The van der Waals surface area contributed by atoms with Crippen molar-refractivity contribution in [2.75, 3.05) is 24.5 Å². The minimum atomic E-state index is -0.965. The van der Waals surface area contributed by atoms with Gasteiger partial charge in [-0.05, 0) is 68.5 Å². The fraction of sp³-hybridized carbons (Fsp3) is 0.444. The molecule has 1 atom stereocenters. The minimum Gasteiger partial charge on any atom is -0.352 e. The number of benzene rings is 1. The van der Waals surface area contributed by atoms with Crippen LogP contribution in [0.5, 0.6) is 0 Å². The van der Waals surface area contributed by atoms with E-state index in [9.17, 15) is 19.2 Å². The highest BCUT2D eigenvalue weighted by Crippen LogP contribution is 2.34. The molecular weight excluding hydrogens is 458 g/mol. The number of carbonyl (C=O) groups is 4. The topological polar surface area (TPSA) is 112 Å². The number of pyridine rings is 1. The summed E-state index contributed by atoms with van der Waals surface area (Å²) < 4.78 is 0. The zero-order valence-corrected chi connectivity index (χ0v) is 20.1. The minimum absolute atomic E-state index is 0.103. The maximum absolute atomic E-state index is 13.5. The van der Waals surface area contributed by atoms with E-state index in [1.807, 2.05) is 6.07 Å². The molecule has 36 heavy (non-hydrogen) atoms. The molecule has 186 valence electrons. The summed E-state index contributed by atoms with van der Waals surface area (Å²) >= 11 is 0. The number of amides is 4. The number of aromatic nitrogens is 1. The molecule has 0 bridgehead atoms. The fourth-order valence-corrected chi connectivity index (χ4v) is 5.95. The van der Waals surface area contributed by atoms with Gasteiger partial charge in [0.2, 0.25) is 11.8 Å².